The second-order valence-electron chi connectivity index (χ2n) is 3.33. The first-order valence-electron chi connectivity index (χ1n) is 4.52. The van der Waals surface area contributed by atoms with Crippen LogP contribution in [0.15, 0.2) is 25.0 Å². The molecule has 0 radical (unpaired) electrons. The maximum Gasteiger partial charge on any atom is 0.0787 e. The molecule has 0 aromatic heterocycles. The van der Waals surface area contributed by atoms with Gasteiger partial charge in [-0.1, -0.05) is 19.9 Å². The molecule has 0 spiro atoms. The Bertz CT molecular complexity index is 138. The van der Waals surface area contributed by atoms with Gasteiger partial charge in [0.25, 0.3) is 0 Å². The molecule has 0 aromatic rings. The number of hydrogen-bond acceptors (Lipinski definition) is 1. The van der Waals surface area contributed by atoms with Crippen molar-refractivity contribution in [3.8, 4) is 0 Å². The summed E-state index contributed by atoms with van der Waals surface area (Å²) in [7, 11) is 1.68. The van der Waals surface area contributed by atoms with Gasteiger partial charge in [-0.05, 0) is 30.8 Å². The molecule has 0 saturated carbocycles. The van der Waals surface area contributed by atoms with Gasteiger partial charge in [-0.3, -0.25) is 0 Å². The third-order valence-corrected chi connectivity index (χ3v) is 2.02. The maximum atomic E-state index is 4.84. The molecule has 1 heteroatoms. The summed E-state index contributed by atoms with van der Waals surface area (Å²) in [5, 5.41) is 0. The molecule has 0 fully saturated rings. The average molecular weight is 168 g/mol. The minimum Gasteiger partial charge on any atom is -0.505 e. The summed E-state index contributed by atoms with van der Waals surface area (Å²) in [4.78, 5) is 0. The van der Waals surface area contributed by atoms with Gasteiger partial charge in [0.05, 0.1) is 13.4 Å². The molecule has 0 aliphatic carbocycles. The van der Waals surface area contributed by atoms with Crippen LogP contribution in [0.25, 0.3) is 0 Å². The highest BCUT2D eigenvalue weighted by molar-refractivity contribution is 4.82. The van der Waals surface area contributed by atoms with Crippen molar-refractivity contribution in [3.05, 3.63) is 25.0 Å². The molecule has 0 N–H and O–H groups in total. The Kier molecular flexibility index (Phi) is 6.54. The van der Waals surface area contributed by atoms with Crippen molar-refractivity contribution in [2.24, 2.45) is 11.8 Å². The number of allylic oxidation sites excluding steroid dienone is 2. The van der Waals surface area contributed by atoms with E-state index in [-0.39, 0.29) is 0 Å². The van der Waals surface area contributed by atoms with Gasteiger partial charge >= 0.3 is 0 Å². The summed E-state index contributed by atoms with van der Waals surface area (Å²) in [5.41, 5.74) is 0. The molecule has 2 atom stereocenters. The van der Waals surface area contributed by atoms with Crippen LogP contribution in [0, 0.1) is 11.8 Å². The van der Waals surface area contributed by atoms with E-state index in [0.717, 1.165) is 0 Å². The lowest BCUT2D eigenvalue weighted by Crippen LogP contribution is -1.95. The first-order chi connectivity index (χ1) is 5.70. The van der Waals surface area contributed by atoms with Crippen LogP contribution < -0.4 is 0 Å². The summed E-state index contributed by atoms with van der Waals surface area (Å²) < 4.78 is 4.84. The zero-order valence-corrected chi connectivity index (χ0v) is 8.42. The Morgan fingerprint density at radius 1 is 1.25 bits per heavy atom. The molecule has 0 rings (SSSR count). The lowest BCUT2D eigenvalue weighted by molar-refractivity contribution is 0.333. The Labute approximate surface area is 76.1 Å². The normalized spacial score (nSPS) is 15.9. The Hall–Kier alpha value is -0.720. The van der Waals surface area contributed by atoms with Gasteiger partial charge < -0.3 is 4.74 Å². The third-order valence-electron chi connectivity index (χ3n) is 2.02. The molecule has 0 heterocycles. The Balaban J connectivity index is 3.49. The molecule has 0 aliphatic rings. The van der Waals surface area contributed by atoms with E-state index >= 15 is 0 Å². The molecule has 0 aromatic carbocycles. The molecular formula is C11H20O. The summed E-state index contributed by atoms with van der Waals surface area (Å²) in [6.07, 6.45) is 8.26. The van der Waals surface area contributed by atoms with Crippen LogP contribution in [0.5, 0.6) is 0 Å². The highest BCUT2D eigenvalue weighted by Crippen LogP contribution is 2.13. The molecule has 0 amide bonds. The summed E-state index contributed by atoms with van der Waals surface area (Å²) >= 11 is 0. The topological polar surface area (TPSA) is 9.23 Å². The molecule has 0 aliphatic heterocycles. The van der Waals surface area contributed by atoms with E-state index in [4.69, 9.17) is 4.74 Å². The fraction of sp³-hybridized carbons (Fsp3) is 0.636. The molecule has 2 unspecified atom stereocenters. The van der Waals surface area contributed by atoms with Crippen molar-refractivity contribution in [2.45, 2.75) is 26.7 Å². The standard InChI is InChI=1S/C11H20O/c1-5-10(2)6-7-11(3)8-9-12-4/h5,8-11H,1,6-7H2,2-4H3. The molecular weight excluding hydrogens is 148 g/mol. The minimum atomic E-state index is 0.604. The van der Waals surface area contributed by atoms with Gasteiger partial charge in [0, 0.05) is 0 Å². The summed E-state index contributed by atoms with van der Waals surface area (Å²) in [6, 6.07) is 0. The maximum absolute atomic E-state index is 4.84. The van der Waals surface area contributed by atoms with E-state index < -0.39 is 0 Å². The third kappa shape index (κ3) is 6.02. The van der Waals surface area contributed by atoms with Crippen LogP contribution in [0.3, 0.4) is 0 Å². The van der Waals surface area contributed by atoms with Gasteiger partial charge in [-0.25, -0.2) is 0 Å². The predicted octanol–water partition coefficient (Wildman–Crippen LogP) is 3.38. The van der Waals surface area contributed by atoms with E-state index in [1.165, 1.54) is 12.8 Å². The van der Waals surface area contributed by atoms with Crippen LogP contribution in [0.2, 0.25) is 0 Å². The lowest BCUT2D eigenvalue weighted by atomic mass is 9.98. The zero-order chi connectivity index (χ0) is 9.40. The van der Waals surface area contributed by atoms with Crippen molar-refractivity contribution in [1.29, 1.82) is 0 Å². The molecule has 0 bridgehead atoms. The van der Waals surface area contributed by atoms with Gasteiger partial charge in [0.2, 0.25) is 0 Å². The lowest BCUT2D eigenvalue weighted by Gasteiger charge is -2.08. The predicted molar refractivity (Wildman–Crippen MR) is 53.9 cm³/mol. The van der Waals surface area contributed by atoms with Crippen molar-refractivity contribution in [2.75, 3.05) is 7.11 Å². The van der Waals surface area contributed by atoms with E-state index in [2.05, 4.69) is 26.5 Å². The van der Waals surface area contributed by atoms with Crippen molar-refractivity contribution < 1.29 is 4.74 Å². The monoisotopic (exact) mass is 168 g/mol. The van der Waals surface area contributed by atoms with E-state index in [9.17, 15) is 0 Å². The van der Waals surface area contributed by atoms with Crippen LogP contribution >= 0.6 is 0 Å². The molecule has 70 valence electrons. The van der Waals surface area contributed by atoms with E-state index in [0.29, 0.717) is 11.8 Å². The smallest absolute Gasteiger partial charge is 0.0787 e. The number of ether oxygens (including phenoxy) is 1. The molecule has 0 saturated heterocycles. The number of rotatable bonds is 6. The molecule has 12 heavy (non-hydrogen) atoms. The second-order valence-corrected chi connectivity index (χ2v) is 3.33. The fourth-order valence-electron chi connectivity index (χ4n) is 0.953. The SMILES string of the molecule is C=CC(C)CCC(C)C=COC. The average Bonchev–Trinajstić information content (AvgIpc) is 2.10. The van der Waals surface area contributed by atoms with Gasteiger partial charge in [-0.15, -0.1) is 6.58 Å². The first-order valence-corrected chi connectivity index (χ1v) is 4.52. The van der Waals surface area contributed by atoms with Crippen LogP contribution in [-0.2, 0) is 4.74 Å². The van der Waals surface area contributed by atoms with Crippen LogP contribution in [0.1, 0.15) is 26.7 Å². The van der Waals surface area contributed by atoms with E-state index in [1.54, 1.807) is 13.4 Å². The summed E-state index contributed by atoms with van der Waals surface area (Å²) in [6.45, 7) is 8.15. The van der Waals surface area contributed by atoms with Gasteiger partial charge in [0.15, 0.2) is 0 Å². The highest BCUT2D eigenvalue weighted by atomic mass is 16.5. The van der Waals surface area contributed by atoms with Crippen LogP contribution in [-0.4, -0.2) is 7.11 Å². The van der Waals surface area contributed by atoms with Gasteiger partial charge in [-0.2, -0.15) is 0 Å². The van der Waals surface area contributed by atoms with Crippen LogP contribution in [0.4, 0.5) is 0 Å². The number of hydrogen-bond donors (Lipinski definition) is 0. The Morgan fingerprint density at radius 3 is 2.33 bits per heavy atom. The minimum absolute atomic E-state index is 0.604. The fourth-order valence-corrected chi connectivity index (χ4v) is 0.953. The largest absolute Gasteiger partial charge is 0.505 e. The van der Waals surface area contributed by atoms with E-state index in [1.807, 2.05) is 6.08 Å². The van der Waals surface area contributed by atoms with Gasteiger partial charge in [0.1, 0.15) is 0 Å². The number of methoxy groups -OCH3 is 1. The van der Waals surface area contributed by atoms with Crippen molar-refractivity contribution >= 4 is 0 Å². The zero-order valence-electron chi connectivity index (χ0n) is 8.42. The van der Waals surface area contributed by atoms with Crippen molar-refractivity contribution in [1.82, 2.24) is 0 Å². The highest BCUT2D eigenvalue weighted by Gasteiger charge is 2.00. The second kappa shape index (κ2) is 6.96. The van der Waals surface area contributed by atoms with Crippen molar-refractivity contribution in [3.63, 3.8) is 0 Å². The Morgan fingerprint density at radius 2 is 1.83 bits per heavy atom. The summed E-state index contributed by atoms with van der Waals surface area (Å²) in [5.74, 6) is 1.23. The molecule has 1 nitrogen and oxygen atoms in total. The quantitative estimate of drug-likeness (QED) is 0.436. The first kappa shape index (κ1) is 11.3.